The molecule has 1 aromatic heterocycles. The van der Waals surface area contributed by atoms with E-state index in [0.29, 0.717) is 12.6 Å². The summed E-state index contributed by atoms with van der Waals surface area (Å²) in [6.07, 6.45) is 12.8. The summed E-state index contributed by atoms with van der Waals surface area (Å²) >= 11 is 0. The van der Waals surface area contributed by atoms with Crippen molar-refractivity contribution in [2.24, 2.45) is 0 Å². The van der Waals surface area contributed by atoms with Gasteiger partial charge in [-0.1, -0.05) is 19.3 Å². The van der Waals surface area contributed by atoms with Crippen molar-refractivity contribution in [2.75, 3.05) is 0 Å². The molecule has 3 rings (SSSR count). The van der Waals surface area contributed by atoms with Crippen LogP contribution in [-0.4, -0.2) is 22.6 Å². The van der Waals surface area contributed by atoms with Crippen LogP contribution in [0.4, 0.5) is 0 Å². The smallest absolute Gasteiger partial charge is 0.240 e. The van der Waals surface area contributed by atoms with E-state index in [9.17, 15) is 4.79 Å². The van der Waals surface area contributed by atoms with Gasteiger partial charge in [0.2, 0.25) is 5.91 Å². The zero-order chi connectivity index (χ0) is 13.8. The van der Waals surface area contributed by atoms with Crippen molar-refractivity contribution in [3.05, 3.63) is 24.0 Å². The number of rotatable bonds is 6. The summed E-state index contributed by atoms with van der Waals surface area (Å²) in [5, 5.41) is 6.65. The average molecular weight is 275 g/mol. The minimum Gasteiger partial charge on any atom is -0.352 e. The van der Waals surface area contributed by atoms with Crippen molar-refractivity contribution >= 4 is 5.91 Å². The van der Waals surface area contributed by atoms with Crippen molar-refractivity contribution in [1.29, 1.82) is 0 Å². The number of nitrogens with zero attached hydrogens (tertiary/aromatic N) is 1. The molecular weight excluding hydrogens is 250 g/mol. The van der Waals surface area contributed by atoms with Crippen LogP contribution in [0.15, 0.2) is 18.5 Å². The fourth-order valence-electron chi connectivity index (χ4n) is 2.93. The normalized spacial score (nSPS) is 20.0. The number of hydrogen-bond donors (Lipinski definition) is 2. The highest BCUT2D eigenvalue weighted by Crippen LogP contribution is 2.19. The molecular formula is C16H25N3O. The molecule has 4 nitrogen and oxygen atoms in total. The Labute approximate surface area is 120 Å². The molecule has 0 aromatic carbocycles. The molecule has 0 radical (unpaired) electrons. The lowest BCUT2D eigenvalue weighted by atomic mass is 9.95. The van der Waals surface area contributed by atoms with Crippen LogP contribution in [0.25, 0.3) is 0 Å². The Balaban J connectivity index is 1.42. The summed E-state index contributed by atoms with van der Waals surface area (Å²) < 4.78 is 1.99. The highest BCUT2D eigenvalue weighted by molar-refractivity contribution is 5.76. The van der Waals surface area contributed by atoms with Gasteiger partial charge in [-0.25, -0.2) is 0 Å². The van der Waals surface area contributed by atoms with Crippen molar-refractivity contribution < 1.29 is 4.79 Å². The second-order valence-corrected chi connectivity index (χ2v) is 6.25. The topological polar surface area (TPSA) is 46.1 Å². The first kappa shape index (κ1) is 13.7. The zero-order valence-corrected chi connectivity index (χ0v) is 12.1. The Morgan fingerprint density at radius 1 is 1.15 bits per heavy atom. The van der Waals surface area contributed by atoms with E-state index in [4.69, 9.17) is 0 Å². The molecule has 0 bridgehead atoms. The van der Waals surface area contributed by atoms with Gasteiger partial charge < -0.3 is 15.2 Å². The molecule has 0 unspecified atom stereocenters. The predicted octanol–water partition coefficient (Wildman–Crippen LogP) is 2.19. The SMILES string of the molecule is O=C(Cn1ccc(CNC2CC2)c1)NC1CCCCC1. The molecule has 1 amide bonds. The average Bonchev–Trinajstić information content (AvgIpc) is 3.18. The minimum atomic E-state index is 0.147. The molecule has 2 aliphatic rings. The first-order valence-electron chi connectivity index (χ1n) is 7.97. The molecule has 2 saturated carbocycles. The maximum absolute atomic E-state index is 12.0. The molecule has 0 spiro atoms. The van der Waals surface area contributed by atoms with Crippen LogP contribution in [0, 0.1) is 0 Å². The van der Waals surface area contributed by atoms with E-state index in [0.717, 1.165) is 25.4 Å². The van der Waals surface area contributed by atoms with Gasteiger partial charge in [-0.2, -0.15) is 0 Å². The van der Waals surface area contributed by atoms with Crippen LogP contribution in [0.5, 0.6) is 0 Å². The number of nitrogens with one attached hydrogen (secondary N) is 2. The van der Waals surface area contributed by atoms with E-state index in [2.05, 4.69) is 22.9 Å². The molecule has 0 aliphatic heterocycles. The van der Waals surface area contributed by atoms with Gasteiger partial charge in [0.15, 0.2) is 0 Å². The number of amides is 1. The lowest BCUT2D eigenvalue weighted by molar-refractivity contribution is -0.122. The monoisotopic (exact) mass is 275 g/mol. The molecule has 4 heteroatoms. The standard InChI is InChI=1S/C16H25N3O/c20-16(18-15-4-2-1-3-5-15)12-19-9-8-13(11-19)10-17-14-6-7-14/h8-9,11,14-15,17H,1-7,10,12H2,(H,18,20). The highest BCUT2D eigenvalue weighted by atomic mass is 16.2. The van der Waals surface area contributed by atoms with Gasteiger partial charge in [0.25, 0.3) is 0 Å². The Bertz CT molecular complexity index is 444. The molecule has 2 fully saturated rings. The van der Waals surface area contributed by atoms with Crippen molar-refractivity contribution in [1.82, 2.24) is 15.2 Å². The summed E-state index contributed by atoms with van der Waals surface area (Å²) in [6.45, 7) is 1.36. The molecule has 110 valence electrons. The summed E-state index contributed by atoms with van der Waals surface area (Å²) in [5.74, 6) is 0.147. The van der Waals surface area contributed by atoms with Gasteiger partial charge in [0, 0.05) is 31.0 Å². The fourth-order valence-corrected chi connectivity index (χ4v) is 2.93. The zero-order valence-electron chi connectivity index (χ0n) is 12.1. The fraction of sp³-hybridized carbons (Fsp3) is 0.688. The van der Waals surface area contributed by atoms with Crippen molar-refractivity contribution in [3.8, 4) is 0 Å². The van der Waals surface area contributed by atoms with E-state index >= 15 is 0 Å². The van der Waals surface area contributed by atoms with Crippen molar-refractivity contribution in [2.45, 2.75) is 70.1 Å². The number of carbonyl (C=O) groups is 1. The number of aromatic nitrogens is 1. The van der Waals surface area contributed by atoms with Gasteiger partial charge in [0.1, 0.15) is 6.54 Å². The molecule has 1 aromatic rings. The van der Waals surface area contributed by atoms with Crippen LogP contribution >= 0.6 is 0 Å². The third-order valence-electron chi connectivity index (χ3n) is 4.28. The largest absolute Gasteiger partial charge is 0.352 e. The minimum absolute atomic E-state index is 0.147. The van der Waals surface area contributed by atoms with Gasteiger partial charge >= 0.3 is 0 Å². The first-order chi connectivity index (χ1) is 9.79. The summed E-state index contributed by atoms with van der Waals surface area (Å²) in [7, 11) is 0. The molecule has 0 atom stereocenters. The van der Waals surface area contributed by atoms with Crippen LogP contribution in [0.1, 0.15) is 50.5 Å². The van der Waals surface area contributed by atoms with E-state index in [1.165, 1.54) is 37.7 Å². The lowest BCUT2D eigenvalue weighted by Gasteiger charge is -2.22. The number of hydrogen-bond acceptors (Lipinski definition) is 2. The maximum atomic E-state index is 12.0. The van der Waals surface area contributed by atoms with Crippen LogP contribution in [0.2, 0.25) is 0 Å². The summed E-state index contributed by atoms with van der Waals surface area (Å²) in [5.41, 5.74) is 1.27. The second kappa shape index (κ2) is 6.44. The maximum Gasteiger partial charge on any atom is 0.240 e. The lowest BCUT2D eigenvalue weighted by Crippen LogP contribution is -2.38. The quantitative estimate of drug-likeness (QED) is 0.836. The summed E-state index contributed by atoms with van der Waals surface area (Å²) in [4.78, 5) is 12.0. The summed E-state index contributed by atoms with van der Waals surface area (Å²) in [6, 6.07) is 3.24. The Morgan fingerprint density at radius 2 is 1.95 bits per heavy atom. The molecule has 1 heterocycles. The van der Waals surface area contributed by atoms with E-state index in [-0.39, 0.29) is 5.91 Å². The van der Waals surface area contributed by atoms with Crippen LogP contribution in [-0.2, 0) is 17.9 Å². The molecule has 2 aliphatic carbocycles. The van der Waals surface area contributed by atoms with E-state index < -0.39 is 0 Å². The van der Waals surface area contributed by atoms with Gasteiger partial charge in [-0.05, 0) is 37.3 Å². The Morgan fingerprint density at radius 3 is 2.70 bits per heavy atom. The second-order valence-electron chi connectivity index (χ2n) is 6.25. The molecule has 0 saturated heterocycles. The van der Waals surface area contributed by atoms with Gasteiger partial charge in [0.05, 0.1) is 0 Å². The first-order valence-corrected chi connectivity index (χ1v) is 7.97. The third-order valence-corrected chi connectivity index (χ3v) is 4.28. The Kier molecular flexibility index (Phi) is 4.41. The predicted molar refractivity (Wildman–Crippen MR) is 79.3 cm³/mol. The van der Waals surface area contributed by atoms with E-state index in [1.54, 1.807) is 0 Å². The van der Waals surface area contributed by atoms with Crippen LogP contribution in [0.3, 0.4) is 0 Å². The van der Waals surface area contributed by atoms with E-state index in [1.807, 2.05) is 10.8 Å². The molecule has 2 N–H and O–H groups in total. The third kappa shape index (κ3) is 4.10. The molecule has 20 heavy (non-hydrogen) atoms. The van der Waals surface area contributed by atoms with Gasteiger partial charge in [-0.15, -0.1) is 0 Å². The highest BCUT2D eigenvalue weighted by Gasteiger charge is 2.20. The van der Waals surface area contributed by atoms with Crippen LogP contribution < -0.4 is 10.6 Å². The number of carbonyl (C=O) groups excluding carboxylic acids is 1. The van der Waals surface area contributed by atoms with Gasteiger partial charge in [-0.3, -0.25) is 4.79 Å². The van der Waals surface area contributed by atoms with Crippen molar-refractivity contribution in [3.63, 3.8) is 0 Å². The Hall–Kier alpha value is -1.29.